The van der Waals surface area contributed by atoms with Crippen LogP contribution in [0.2, 0.25) is 0 Å². The van der Waals surface area contributed by atoms with Crippen molar-refractivity contribution in [2.45, 2.75) is 12.5 Å². The summed E-state index contributed by atoms with van der Waals surface area (Å²) in [6, 6.07) is 16.5. The van der Waals surface area contributed by atoms with E-state index in [0.717, 1.165) is 11.1 Å². The lowest BCUT2D eigenvalue weighted by atomic mass is 10.0. The topological polar surface area (TPSA) is 40.5 Å². The predicted molar refractivity (Wildman–Crippen MR) is 63.2 cm³/mol. The Morgan fingerprint density at radius 2 is 1.50 bits per heavy atom. The van der Waals surface area contributed by atoms with Crippen LogP contribution in [0.25, 0.3) is 0 Å². The van der Waals surface area contributed by atoms with Gasteiger partial charge in [0.05, 0.1) is 6.10 Å². The summed E-state index contributed by atoms with van der Waals surface area (Å²) in [6.45, 7) is 0. The summed E-state index contributed by atoms with van der Waals surface area (Å²) < 4.78 is 0. The maximum atomic E-state index is 9.98. The van der Waals surface area contributed by atoms with Gasteiger partial charge in [-0.25, -0.2) is 0 Å². The molecule has 0 saturated heterocycles. The van der Waals surface area contributed by atoms with Crippen molar-refractivity contribution in [1.82, 2.24) is 0 Å². The molecule has 0 bridgehead atoms. The third kappa shape index (κ3) is 2.61. The largest absolute Gasteiger partial charge is 0.508 e. The average Bonchev–Trinajstić information content (AvgIpc) is 2.33. The lowest BCUT2D eigenvalue weighted by molar-refractivity contribution is 0.178. The molecule has 82 valence electrons. The molecule has 0 aromatic heterocycles. The van der Waals surface area contributed by atoms with Gasteiger partial charge in [-0.15, -0.1) is 0 Å². The highest BCUT2D eigenvalue weighted by molar-refractivity contribution is 5.28. The van der Waals surface area contributed by atoms with Crippen molar-refractivity contribution in [3.63, 3.8) is 0 Å². The molecule has 0 aliphatic heterocycles. The molecule has 1 atom stereocenters. The number of hydrogen-bond acceptors (Lipinski definition) is 2. The van der Waals surface area contributed by atoms with Gasteiger partial charge in [0.15, 0.2) is 0 Å². The second-order valence-corrected chi connectivity index (χ2v) is 3.80. The summed E-state index contributed by atoms with van der Waals surface area (Å²) in [5.74, 6) is 0.248. The van der Waals surface area contributed by atoms with Gasteiger partial charge in [0, 0.05) is 6.42 Å². The maximum Gasteiger partial charge on any atom is 0.115 e. The summed E-state index contributed by atoms with van der Waals surface area (Å²) >= 11 is 0. The van der Waals surface area contributed by atoms with E-state index >= 15 is 0 Å². The van der Waals surface area contributed by atoms with E-state index in [0.29, 0.717) is 6.42 Å². The highest BCUT2D eigenvalue weighted by Crippen LogP contribution is 2.19. The van der Waals surface area contributed by atoms with E-state index in [1.165, 1.54) is 0 Å². The molecule has 2 heteroatoms. The van der Waals surface area contributed by atoms with Crippen LogP contribution in [0.5, 0.6) is 5.75 Å². The molecular formula is C14H14O2. The van der Waals surface area contributed by atoms with E-state index in [4.69, 9.17) is 5.11 Å². The van der Waals surface area contributed by atoms with Gasteiger partial charge in [-0.05, 0) is 23.3 Å². The number of benzene rings is 2. The minimum Gasteiger partial charge on any atom is -0.508 e. The molecule has 0 fully saturated rings. The molecule has 2 rings (SSSR count). The van der Waals surface area contributed by atoms with Crippen LogP contribution in [0.1, 0.15) is 17.2 Å². The Hall–Kier alpha value is -1.80. The Balaban J connectivity index is 2.08. The Bertz CT molecular complexity index is 434. The first-order chi connectivity index (χ1) is 7.75. The number of hydrogen-bond donors (Lipinski definition) is 2. The minimum absolute atomic E-state index is 0.248. The van der Waals surface area contributed by atoms with Gasteiger partial charge in [-0.3, -0.25) is 0 Å². The number of phenolic OH excluding ortho intramolecular Hbond substituents is 1. The average molecular weight is 214 g/mol. The smallest absolute Gasteiger partial charge is 0.115 e. The Morgan fingerprint density at radius 1 is 0.875 bits per heavy atom. The number of aromatic hydroxyl groups is 1. The van der Waals surface area contributed by atoms with Crippen LogP contribution in [-0.4, -0.2) is 10.2 Å². The molecule has 1 unspecified atom stereocenters. The molecule has 0 spiro atoms. The minimum atomic E-state index is -0.495. The van der Waals surface area contributed by atoms with E-state index in [1.54, 1.807) is 12.1 Å². The summed E-state index contributed by atoms with van der Waals surface area (Å²) in [4.78, 5) is 0. The molecule has 2 N–H and O–H groups in total. The first-order valence-corrected chi connectivity index (χ1v) is 5.26. The summed E-state index contributed by atoms with van der Waals surface area (Å²) in [5.41, 5.74) is 1.92. The molecule has 2 aromatic carbocycles. The van der Waals surface area contributed by atoms with Crippen LogP contribution >= 0.6 is 0 Å². The molecule has 0 amide bonds. The van der Waals surface area contributed by atoms with Crippen molar-refractivity contribution in [3.8, 4) is 5.75 Å². The molecule has 0 heterocycles. The molecule has 0 aliphatic carbocycles. The maximum absolute atomic E-state index is 9.98. The molecule has 0 radical (unpaired) electrons. The van der Waals surface area contributed by atoms with Crippen LogP contribution in [0.3, 0.4) is 0 Å². The fourth-order valence-corrected chi connectivity index (χ4v) is 1.65. The van der Waals surface area contributed by atoms with Gasteiger partial charge < -0.3 is 10.2 Å². The van der Waals surface area contributed by atoms with Crippen molar-refractivity contribution in [2.75, 3.05) is 0 Å². The molecule has 0 saturated carbocycles. The third-order valence-electron chi connectivity index (χ3n) is 2.55. The number of aliphatic hydroxyl groups excluding tert-OH is 1. The van der Waals surface area contributed by atoms with Crippen LogP contribution in [0.4, 0.5) is 0 Å². The number of rotatable bonds is 3. The van der Waals surface area contributed by atoms with Gasteiger partial charge in [-0.1, -0.05) is 42.5 Å². The first-order valence-electron chi connectivity index (χ1n) is 5.26. The van der Waals surface area contributed by atoms with Crippen molar-refractivity contribution < 1.29 is 10.2 Å². The van der Waals surface area contributed by atoms with Crippen molar-refractivity contribution >= 4 is 0 Å². The normalized spacial score (nSPS) is 12.3. The molecule has 2 nitrogen and oxygen atoms in total. The lowest BCUT2D eigenvalue weighted by Gasteiger charge is -2.10. The van der Waals surface area contributed by atoms with Crippen LogP contribution in [0, 0.1) is 0 Å². The number of aliphatic hydroxyl groups is 1. The van der Waals surface area contributed by atoms with Gasteiger partial charge in [0.1, 0.15) is 5.75 Å². The highest BCUT2D eigenvalue weighted by Gasteiger charge is 2.07. The Kier molecular flexibility index (Phi) is 3.22. The van der Waals surface area contributed by atoms with E-state index in [9.17, 15) is 5.11 Å². The standard InChI is InChI=1S/C14H14O2/c15-13-8-6-11(7-9-13)10-14(16)12-4-2-1-3-5-12/h1-9,14-16H,10H2. The van der Waals surface area contributed by atoms with Gasteiger partial charge >= 0.3 is 0 Å². The third-order valence-corrected chi connectivity index (χ3v) is 2.55. The Morgan fingerprint density at radius 3 is 2.12 bits per heavy atom. The fraction of sp³-hybridized carbons (Fsp3) is 0.143. The molecule has 16 heavy (non-hydrogen) atoms. The molecule has 0 aliphatic rings. The fourth-order valence-electron chi connectivity index (χ4n) is 1.65. The van der Waals surface area contributed by atoms with E-state index in [2.05, 4.69) is 0 Å². The van der Waals surface area contributed by atoms with Crippen LogP contribution in [-0.2, 0) is 6.42 Å². The van der Waals surface area contributed by atoms with Crippen LogP contribution < -0.4 is 0 Å². The van der Waals surface area contributed by atoms with E-state index < -0.39 is 6.10 Å². The van der Waals surface area contributed by atoms with Gasteiger partial charge in [-0.2, -0.15) is 0 Å². The van der Waals surface area contributed by atoms with E-state index in [1.807, 2.05) is 42.5 Å². The molecular weight excluding hydrogens is 200 g/mol. The van der Waals surface area contributed by atoms with Crippen LogP contribution in [0.15, 0.2) is 54.6 Å². The summed E-state index contributed by atoms with van der Waals surface area (Å²) in [5, 5.41) is 19.1. The zero-order chi connectivity index (χ0) is 11.4. The monoisotopic (exact) mass is 214 g/mol. The zero-order valence-electron chi connectivity index (χ0n) is 8.88. The second-order valence-electron chi connectivity index (χ2n) is 3.80. The van der Waals surface area contributed by atoms with Crippen molar-refractivity contribution in [1.29, 1.82) is 0 Å². The van der Waals surface area contributed by atoms with Gasteiger partial charge in [0.25, 0.3) is 0 Å². The second kappa shape index (κ2) is 4.81. The predicted octanol–water partition coefficient (Wildman–Crippen LogP) is 2.67. The zero-order valence-corrected chi connectivity index (χ0v) is 8.88. The van der Waals surface area contributed by atoms with Crippen molar-refractivity contribution in [2.24, 2.45) is 0 Å². The van der Waals surface area contributed by atoms with Crippen molar-refractivity contribution in [3.05, 3.63) is 65.7 Å². The number of phenols is 1. The Labute approximate surface area is 94.8 Å². The first kappa shape index (κ1) is 10.7. The molecule has 2 aromatic rings. The quantitative estimate of drug-likeness (QED) is 0.824. The lowest BCUT2D eigenvalue weighted by Crippen LogP contribution is -2.01. The summed E-state index contributed by atoms with van der Waals surface area (Å²) in [7, 11) is 0. The summed E-state index contributed by atoms with van der Waals surface area (Å²) in [6.07, 6.45) is 0.0651. The SMILES string of the molecule is Oc1ccc(CC(O)c2ccccc2)cc1. The van der Waals surface area contributed by atoms with E-state index in [-0.39, 0.29) is 5.75 Å². The highest BCUT2D eigenvalue weighted by atomic mass is 16.3. The van der Waals surface area contributed by atoms with Gasteiger partial charge in [0.2, 0.25) is 0 Å².